The van der Waals surface area contributed by atoms with E-state index in [1.54, 1.807) is 0 Å². The van der Waals surface area contributed by atoms with Crippen LogP contribution in [0.5, 0.6) is 0 Å². The number of carbonyl (C=O) groups excluding carboxylic acids is 1. The zero-order chi connectivity index (χ0) is 15.0. The second-order valence-corrected chi connectivity index (χ2v) is 3.93. The number of urea groups is 1. The number of carboxylic acids is 2. The minimum absolute atomic E-state index is 0.0229. The minimum atomic E-state index is -1.52. The number of carbonyl (C=O) groups is 3. The van der Waals surface area contributed by atoms with Gasteiger partial charge in [0.1, 0.15) is 6.04 Å². The van der Waals surface area contributed by atoms with Crippen molar-refractivity contribution in [2.75, 3.05) is 27.3 Å². The summed E-state index contributed by atoms with van der Waals surface area (Å²) >= 11 is 0. The number of nitrogens with zero attached hydrogens (tertiary/aromatic N) is 1. The van der Waals surface area contributed by atoms with E-state index >= 15 is 0 Å². The molecule has 0 aromatic heterocycles. The van der Waals surface area contributed by atoms with Gasteiger partial charge in [-0.3, -0.25) is 4.79 Å². The number of nitrogens with one attached hydrogen (secondary N) is 1. The monoisotopic (exact) mass is 278 g/mol. The highest BCUT2D eigenvalue weighted by Crippen LogP contribution is 1.97. The molecule has 0 aliphatic rings. The first-order valence-electron chi connectivity index (χ1n) is 5.41. The van der Waals surface area contributed by atoms with Gasteiger partial charge in [-0.15, -0.1) is 0 Å². The fourth-order valence-electron chi connectivity index (χ4n) is 1.28. The van der Waals surface area contributed by atoms with Gasteiger partial charge >= 0.3 is 18.0 Å². The van der Waals surface area contributed by atoms with Crippen LogP contribution in [-0.4, -0.2) is 77.6 Å². The van der Waals surface area contributed by atoms with E-state index in [2.05, 4.69) is 4.74 Å². The molecule has 19 heavy (non-hydrogen) atoms. The number of likely N-dealkylation sites (N-methyl/N-ethyl adjacent to an activating group) is 1. The van der Waals surface area contributed by atoms with Crippen LogP contribution in [0.2, 0.25) is 0 Å². The number of hydrogen-bond acceptors (Lipinski definition) is 5. The van der Waals surface area contributed by atoms with Crippen LogP contribution in [0.3, 0.4) is 0 Å². The van der Waals surface area contributed by atoms with E-state index in [0.29, 0.717) is 0 Å². The zero-order valence-electron chi connectivity index (χ0n) is 10.7. The van der Waals surface area contributed by atoms with Gasteiger partial charge in [0.25, 0.3) is 0 Å². The van der Waals surface area contributed by atoms with Gasteiger partial charge in [0.2, 0.25) is 0 Å². The van der Waals surface area contributed by atoms with Crippen LogP contribution in [0.4, 0.5) is 4.79 Å². The first kappa shape index (κ1) is 17.1. The number of aliphatic hydroxyl groups excluding tert-OH is 1. The van der Waals surface area contributed by atoms with Gasteiger partial charge in [-0.1, -0.05) is 0 Å². The van der Waals surface area contributed by atoms with Crippen LogP contribution < -0.4 is 5.32 Å². The molecule has 1 unspecified atom stereocenters. The Balaban J connectivity index is 4.38. The summed E-state index contributed by atoms with van der Waals surface area (Å²) in [7, 11) is 2.73. The van der Waals surface area contributed by atoms with E-state index in [4.69, 9.17) is 10.2 Å². The number of methoxy groups -OCH3 is 1. The predicted molar refractivity (Wildman–Crippen MR) is 62.7 cm³/mol. The van der Waals surface area contributed by atoms with E-state index < -0.39 is 36.5 Å². The van der Waals surface area contributed by atoms with Gasteiger partial charge in [0.15, 0.2) is 0 Å². The first-order valence-corrected chi connectivity index (χ1v) is 5.41. The maximum absolute atomic E-state index is 11.6. The summed E-state index contributed by atoms with van der Waals surface area (Å²) in [4.78, 5) is 33.8. The number of aliphatic carboxylic acids is 2. The van der Waals surface area contributed by atoms with E-state index in [-0.39, 0.29) is 13.2 Å². The Morgan fingerprint density at radius 2 is 1.89 bits per heavy atom. The Morgan fingerprint density at radius 3 is 2.32 bits per heavy atom. The molecule has 9 nitrogen and oxygen atoms in total. The highest BCUT2D eigenvalue weighted by Gasteiger charge is 2.25. The number of amides is 2. The molecule has 4 N–H and O–H groups in total. The normalized spacial score (nSPS) is 13.4. The average molecular weight is 278 g/mol. The van der Waals surface area contributed by atoms with Crippen LogP contribution >= 0.6 is 0 Å². The van der Waals surface area contributed by atoms with Crippen molar-refractivity contribution >= 4 is 18.0 Å². The van der Waals surface area contributed by atoms with Crippen molar-refractivity contribution in [3.8, 4) is 0 Å². The molecule has 0 rings (SSSR count). The molecule has 0 fully saturated rings. The number of ether oxygens (including phenoxy) is 1. The number of rotatable bonds is 8. The maximum Gasteiger partial charge on any atom is 0.326 e. The lowest BCUT2D eigenvalue weighted by atomic mass is 10.2. The topological polar surface area (TPSA) is 136 Å². The summed E-state index contributed by atoms with van der Waals surface area (Å²) in [5.41, 5.74) is 0. The van der Waals surface area contributed by atoms with Gasteiger partial charge in [0, 0.05) is 14.2 Å². The summed E-state index contributed by atoms with van der Waals surface area (Å²) in [5, 5.41) is 28.7. The second-order valence-electron chi connectivity index (χ2n) is 3.93. The molecule has 0 saturated carbocycles. The lowest BCUT2D eigenvalue weighted by molar-refractivity contribution is -0.145. The van der Waals surface area contributed by atoms with E-state index in [1.165, 1.54) is 14.2 Å². The summed E-state index contributed by atoms with van der Waals surface area (Å²) in [5.74, 6) is -2.78. The van der Waals surface area contributed by atoms with Crippen molar-refractivity contribution in [2.45, 2.75) is 18.6 Å². The Bertz CT molecular complexity index is 334. The smallest absolute Gasteiger partial charge is 0.326 e. The largest absolute Gasteiger partial charge is 0.481 e. The Labute approximate surface area is 109 Å². The molecule has 0 radical (unpaired) electrons. The first-order chi connectivity index (χ1) is 8.77. The Hall–Kier alpha value is -1.87. The summed E-state index contributed by atoms with van der Waals surface area (Å²) in [6.45, 7) is -0.0474. The third kappa shape index (κ3) is 7.21. The Morgan fingerprint density at radius 1 is 1.32 bits per heavy atom. The minimum Gasteiger partial charge on any atom is -0.481 e. The molecule has 0 bridgehead atoms. The number of aliphatic hydroxyl groups is 1. The fourth-order valence-corrected chi connectivity index (χ4v) is 1.28. The summed E-state index contributed by atoms with van der Waals surface area (Å²) < 4.78 is 4.68. The van der Waals surface area contributed by atoms with Crippen molar-refractivity contribution in [3.63, 3.8) is 0 Å². The van der Waals surface area contributed by atoms with E-state index in [0.717, 1.165) is 4.90 Å². The lowest BCUT2D eigenvalue weighted by Gasteiger charge is -2.22. The third-order valence-electron chi connectivity index (χ3n) is 2.16. The fraction of sp³-hybridized carbons (Fsp3) is 0.700. The van der Waals surface area contributed by atoms with Crippen LogP contribution in [-0.2, 0) is 14.3 Å². The molecule has 0 heterocycles. The average Bonchev–Trinajstić information content (AvgIpc) is 2.27. The van der Waals surface area contributed by atoms with Crippen molar-refractivity contribution in [2.24, 2.45) is 0 Å². The number of hydrogen-bond donors (Lipinski definition) is 4. The van der Waals surface area contributed by atoms with Crippen LogP contribution in [0.1, 0.15) is 6.42 Å². The van der Waals surface area contributed by atoms with Crippen LogP contribution in [0.25, 0.3) is 0 Å². The maximum atomic E-state index is 11.6. The standard InChI is InChI=1S/C10H18N2O7/c1-12(4-6(13)5-19-2)10(18)11-7(9(16)17)3-8(14)15/h6-7,13H,3-5H2,1-2H3,(H,11,18)(H,14,15)(H,16,17)/t6?,7-/m0/s1. The molecule has 2 amide bonds. The zero-order valence-corrected chi connectivity index (χ0v) is 10.7. The molecule has 110 valence electrons. The van der Waals surface area contributed by atoms with E-state index in [9.17, 15) is 19.5 Å². The molecule has 0 aromatic rings. The van der Waals surface area contributed by atoms with Crippen LogP contribution in [0.15, 0.2) is 0 Å². The van der Waals surface area contributed by atoms with Crippen molar-refractivity contribution < 1.29 is 34.4 Å². The summed E-state index contributed by atoms with van der Waals surface area (Å²) in [6.07, 6.45) is -1.64. The predicted octanol–water partition coefficient (Wildman–Crippen LogP) is -1.44. The molecule has 0 spiro atoms. The van der Waals surface area contributed by atoms with Crippen molar-refractivity contribution in [1.29, 1.82) is 0 Å². The van der Waals surface area contributed by atoms with Gasteiger partial charge in [-0.05, 0) is 0 Å². The van der Waals surface area contributed by atoms with Crippen molar-refractivity contribution in [3.05, 3.63) is 0 Å². The third-order valence-corrected chi connectivity index (χ3v) is 2.16. The highest BCUT2D eigenvalue weighted by molar-refractivity contribution is 5.86. The highest BCUT2D eigenvalue weighted by atomic mass is 16.5. The van der Waals surface area contributed by atoms with Crippen molar-refractivity contribution in [1.82, 2.24) is 10.2 Å². The SMILES string of the molecule is COCC(O)CN(C)C(=O)N[C@@H](CC(=O)O)C(=O)O. The van der Waals surface area contributed by atoms with Gasteiger partial charge < -0.3 is 30.3 Å². The molecule has 0 saturated heterocycles. The second kappa shape index (κ2) is 8.27. The summed E-state index contributed by atoms with van der Waals surface area (Å²) in [6, 6.07) is -2.31. The van der Waals surface area contributed by atoms with Gasteiger partial charge in [-0.2, -0.15) is 0 Å². The molecular weight excluding hydrogens is 260 g/mol. The van der Waals surface area contributed by atoms with Crippen LogP contribution in [0, 0.1) is 0 Å². The van der Waals surface area contributed by atoms with Gasteiger partial charge in [0.05, 0.1) is 25.7 Å². The Kier molecular flexibility index (Phi) is 7.46. The number of carboxylic acid groups (broad SMARTS) is 2. The molecule has 0 aliphatic carbocycles. The molecular formula is C10H18N2O7. The van der Waals surface area contributed by atoms with E-state index in [1.807, 2.05) is 5.32 Å². The molecule has 0 aliphatic heterocycles. The molecule has 9 heteroatoms. The molecule has 2 atom stereocenters. The lowest BCUT2D eigenvalue weighted by Crippen LogP contribution is -2.49. The molecule has 0 aromatic carbocycles. The quantitative estimate of drug-likeness (QED) is 0.427. The van der Waals surface area contributed by atoms with Gasteiger partial charge in [-0.25, -0.2) is 9.59 Å².